The minimum Gasteiger partial charge on any atom is -0.381 e. The number of hydrogen-bond donors (Lipinski definition) is 4. The van der Waals surface area contributed by atoms with Crippen molar-refractivity contribution in [1.29, 1.82) is 0 Å². The molecule has 0 saturated heterocycles. The summed E-state index contributed by atoms with van der Waals surface area (Å²) < 4.78 is 58.0. The second kappa shape index (κ2) is 13.9. The van der Waals surface area contributed by atoms with Gasteiger partial charge in [-0.15, -0.1) is 0 Å². The highest BCUT2D eigenvalue weighted by Crippen LogP contribution is 2.25. The second-order valence-electron chi connectivity index (χ2n) is 11.9. The van der Waals surface area contributed by atoms with E-state index < -0.39 is 20.0 Å². The molecule has 7 aromatic carbocycles. The van der Waals surface area contributed by atoms with E-state index in [1.807, 2.05) is 78.9 Å². The Bertz CT molecular complexity index is 2380. The average Bonchev–Trinajstić information content (AvgIpc) is 3.13. The van der Waals surface area contributed by atoms with Crippen molar-refractivity contribution in [2.75, 3.05) is 20.1 Å². The van der Waals surface area contributed by atoms with Gasteiger partial charge in [0.1, 0.15) is 0 Å². The highest BCUT2D eigenvalue weighted by atomic mass is 32.2. The zero-order valence-corrected chi connectivity index (χ0v) is 28.5. The van der Waals surface area contributed by atoms with Crippen LogP contribution in [0.3, 0.4) is 0 Å². The van der Waals surface area contributed by atoms with Gasteiger partial charge in [0, 0.05) is 24.5 Å². The van der Waals surface area contributed by atoms with Crippen LogP contribution in [0.15, 0.2) is 168 Å². The van der Waals surface area contributed by atoms with Gasteiger partial charge in [0.05, 0.1) is 21.2 Å². The monoisotopic (exact) mass is 698 g/mol. The Hall–Kier alpha value is -5.84. The molecule has 0 heterocycles. The van der Waals surface area contributed by atoms with Crippen molar-refractivity contribution in [1.82, 2.24) is 0 Å². The SMILES string of the molecule is O=S(=O)(Nc1cccc(NCc2cccc(CNc3cccc(NS(=O)(=O)c4ccc5ccccc5c4)c3)c2)c1)c1ccc2ccccc2c1. The van der Waals surface area contributed by atoms with E-state index in [-0.39, 0.29) is 9.79 Å². The van der Waals surface area contributed by atoms with E-state index in [4.69, 9.17) is 0 Å². The molecule has 10 heteroatoms. The van der Waals surface area contributed by atoms with Crippen LogP contribution in [-0.4, -0.2) is 16.8 Å². The van der Waals surface area contributed by atoms with Crippen molar-refractivity contribution in [3.05, 3.63) is 169 Å². The first-order valence-corrected chi connectivity index (χ1v) is 19.0. The van der Waals surface area contributed by atoms with Gasteiger partial charge in [-0.3, -0.25) is 9.44 Å². The molecule has 250 valence electrons. The lowest BCUT2D eigenvalue weighted by Gasteiger charge is -2.13. The number of benzene rings is 7. The summed E-state index contributed by atoms with van der Waals surface area (Å²) in [5.74, 6) is 0. The summed E-state index contributed by atoms with van der Waals surface area (Å²) in [6.45, 7) is 1.06. The maximum Gasteiger partial charge on any atom is 0.261 e. The van der Waals surface area contributed by atoms with Crippen molar-refractivity contribution < 1.29 is 16.8 Å². The van der Waals surface area contributed by atoms with Crippen molar-refractivity contribution >= 4 is 64.3 Å². The molecule has 0 atom stereocenters. The summed E-state index contributed by atoms with van der Waals surface area (Å²) >= 11 is 0. The average molecular weight is 699 g/mol. The van der Waals surface area contributed by atoms with E-state index in [1.165, 1.54) is 0 Å². The fourth-order valence-electron chi connectivity index (χ4n) is 5.74. The topological polar surface area (TPSA) is 116 Å². The molecular weight excluding hydrogens is 665 g/mol. The maximum atomic E-state index is 13.1. The summed E-state index contributed by atoms with van der Waals surface area (Å²) in [7, 11) is -7.55. The Kier molecular flexibility index (Phi) is 9.12. The summed E-state index contributed by atoms with van der Waals surface area (Å²) in [5, 5.41) is 10.4. The van der Waals surface area contributed by atoms with Gasteiger partial charge in [-0.25, -0.2) is 16.8 Å². The van der Waals surface area contributed by atoms with Crippen LogP contribution in [0.4, 0.5) is 22.7 Å². The Labute approximate surface area is 291 Å². The van der Waals surface area contributed by atoms with Gasteiger partial charge in [0.15, 0.2) is 0 Å². The second-order valence-corrected chi connectivity index (χ2v) is 15.3. The first-order chi connectivity index (χ1) is 24.2. The number of anilines is 4. The molecule has 7 aromatic rings. The molecule has 0 aliphatic rings. The summed E-state index contributed by atoms with van der Waals surface area (Å²) in [6.07, 6.45) is 0. The molecular formula is C40H34N4O4S2. The van der Waals surface area contributed by atoms with Gasteiger partial charge in [0.2, 0.25) is 0 Å². The normalized spacial score (nSPS) is 11.7. The van der Waals surface area contributed by atoms with Crippen LogP contribution in [0.1, 0.15) is 11.1 Å². The van der Waals surface area contributed by atoms with Crippen LogP contribution >= 0.6 is 0 Å². The Morgan fingerprint density at radius 3 is 1.22 bits per heavy atom. The smallest absolute Gasteiger partial charge is 0.261 e. The van der Waals surface area contributed by atoms with Gasteiger partial charge in [0.25, 0.3) is 20.0 Å². The molecule has 4 N–H and O–H groups in total. The third-order valence-electron chi connectivity index (χ3n) is 8.28. The molecule has 0 amide bonds. The van der Waals surface area contributed by atoms with Crippen LogP contribution in [0.2, 0.25) is 0 Å². The van der Waals surface area contributed by atoms with E-state index in [2.05, 4.69) is 26.1 Å². The van der Waals surface area contributed by atoms with E-state index in [1.54, 1.807) is 72.8 Å². The lowest BCUT2D eigenvalue weighted by atomic mass is 10.1. The number of sulfonamides is 2. The quantitative estimate of drug-likeness (QED) is 0.101. The summed E-state index contributed by atoms with van der Waals surface area (Å²) in [4.78, 5) is 0.406. The standard InChI is InChI=1S/C40H34N4O4S2/c45-49(46,39-20-18-31-10-1-3-12-33(31)23-39)43-37-16-6-14-35(25-37)41-27-29-8-5-9-30(22-29)28-42-36-15-7-17-38(26-36)44-50(47,48)40-21-19-32-11-2-4-13-34(32)24-40/h1-26,41-44H,27-28H2. The van der Waals surface area contributed by atoms with Crippen LogP contribution in [0.25, 0.3) is 21.5 Å². The van der Waals surface area contributed by atoms with Gasteiger partial charge >= 0.3 is 0 Å². The van der Waals surface area contributed by atoms with Crippen LogP contribution < -0.4 is 20.1 Å². The maximum absolute atomic E-state index is 13.1. The van der Waals surface area contributed by atoms with Crippen molar-refractivity contribution in [3.63, 3.8) is 0 Å². The Morgan fingerprint density at radius 1 is 0.360 bits per heavy atom. The molecule has 0 bridgehead atoms. The molecule has 0 unspecified atom stereocenters. The van der Waals surface area contributed by atoms with E-state index in [9.17, 15) is 16.8 Å². The molecule has 7 rings (SSSR count). The third kappa shape index (κ3) is 7.72. The minimum atomic E-state index is -3.77. The van der Waals surface area contributed by atoms with E-state index in [0.717, 1.165) is 44.0 Å². The van der Waals surface area contributed by atoms with Gasteiger partial charge in [-0.05, 0) is 93.3 Å². The zero-order chi connectivity index (χ0) is 34.6. The molecule has 0 saturated carbocycles. The third-order valence-corrected chi connectivity index (χ3v) is 11.0. The highest BCUT2D eigenvalue weighted by molar-refractivity contribution is 7.93. The van der Waals surface area contributed by atoms with Crippen molar-refractivity contribution in [2.45, 2.75) is 22.9 Å². The van der Waals surface area contributed by atoms with Crippen LogP contribution in [0, 0.1) is 0 Å². The summed E-state index contributed by atoms with van der Waals surface area (Å²) in [6, 6.07) is 47.9. The fourth-order valence-corrected chi connectivity index (χ4v) is 7.91. The molecule has 0 aliphatic heterocycles. The molecule has 0 fully saturated rings. The minimum absolute atomic E-state index is 0.203. The number of rotatable bonds is 12. The van der Waals surface area contributed by atoms with Crippen LogP contribution in [-0.2, 0) is 33.1 Å². The lowest BCUT2D eigenvalue weighted by Crippen LogP contribution is -2.13. The molecule has 0 radical (unpaired) electrons. The van der Waals surface area contributed by atoms with Crippen molar-refractivity contribution in [2.24, 2.45) is 0 Å². The first-order valence-electron chi connectivity index (χ1n) is 16.0. The lowest BCUT2D eigenvalue weighted by molar-refractivity contribution is 0.599. The van der Waals surface area contributed by atoms with Crippen molar-refractivity contribution in [3.8, 4) is 0 Å². The number of nitrogens with one attached hydrogen (secondary N) is 4. The predicted octanol–water partition coefficient (Wildman–Crippen LogP) is 8.82. The molecule has 0 aromatic heterocycles. The first kappa shape index (κ1) is 32.7. The van der Waals surface area contributed by atoms with Gasteiger partial charge in [-0.1, -0.05) is 97.1 Å². The Morgan fingerprint density at radius 2 is 0.760 bits per heavy atom. The van der Waals surface area contributed by atoms with Gasteiger partial charge in [-0.2, -0.15) is 0 Å². The highest BCUT2D eigenvalue weighted by Gasteiger charge is 2.16. The van der Waals surface area contributed by atoms with E-state index in [0.29, 0.717) is 24.5 Å². The molecule has 8 nitrogen and oxygen atoms in total. The summed E-state index contributed by atoms with van der Waals surface area (Å²) in [5.41, 5.74) is 4.56. The van der Waals surface area contributed by atoms with Gasteiger partial charge < -0.3 is 10.6 Å². The predicted molar refractivity (Wildman–Crippen MR) is 203 cm³/mol. The molecule has 0 spiro atoms. The van der Waals surface area contributed by atoms with Crippen LogP contribution in [0.5, 0.6) is 0 Å². The number of fused-ring (bicyclic) bond motifs is 2. The fraction of sp³-hybridized carbons (Fsp3) is 0.0500. The molecule has 0 aliphatic carbocycles. The van der Waals surface area contributed by atoms with E-state index >= 15 is 0 Å². The molecule has 50 heavy (non-hydrogen) atoms. The largest absolute Gasteiger partial charge is 0.381 e. The number of hydrogen-bond acceptors (Lipinski definition) is 6. The Balaban J connectivity index is 0.958. The zero-order valence-electron chi connectivity index (χ0n) is 26.9.